The second-order valence-corrected chi connectivity index (χ2v) is 3.72. The first-order valence-electron chi connectivity index (χ1n) is 5.67. The minimum atomic E-state index is 0.0867. The van der Waals surface area contributed by atoms with Gasteiger partial charge in [-0.1, -0.05) is 24.8 Å². The van der Waals surface area contributed by atoms with Crippen molar-refractivity contribution in [2.24, 2.45) is 0 Å². The Morgan fingerprint density at radius 1 is 1.38 bits per heavy atom. The summed E-state index contributed by atoms with van der Waals surface area (Å²) >= 11 is 0. The molecule has 0 aliphatic rings. The van der Waals surface area contributed by atoms with Crippen LogP contribution in [-0.4, -0.2) is 23.9 Å². The van der Waals surface area contributed by atoms with Gasteiger partial charge in [-0.15, -0.1) is 0 Å². The minimum absolute atomic E-state index is 0.0867. The van der Waals surface area contributed by atoms with Crippen LogP contribution in [-0.2, 0) is 0 Å². The number of benzene rings is 1. The zero-order chi connectivity index (χ0) is 12.1. The molecule has 0 aliphatic carbocycles. The van der Waals surface area contributed by atoms with Gasteiger partial charge in [-0.25, -0.2) is 0 Å². The predicted molar refractivity (Wildman–Crippen MR) is 68.5 cm³/mol. The highest BCUT2D eigenvalue weighted by Gasteiger charge is 2.15. The number of hydrogen-bond donors (Lipinski definition) is 0. The molecule has 0 saturated heterocycles. The van der Waals surface area contributed by atoms with E-state index in [-0.39, 0.29) is 5.91 Å². The van der Waals surface area contributed by atoms with Crippen molar-refractivity contribution in [2.75, 3.05) is 13.1 Å². The summed E-state index contributed by atoms with van der Waals surface area (Å²) in [6, 6.07) is 5.78. The average molecular weight is 217 g/mol. The molecule has 0 aromatic heterocycles. The third-order valence-corrected chi connectivity index (χ3v) is 2.81. The summed E-state index contributed by atoms with van der Waals surface area (Å²) in [5, 5.41) is 0. The monoisotopic (exact) mass is 217 g/mol. The molecule has 0 N–H and O–H groups in total. The fourth-order valence-electron chi connectivity index (χ4n) is 1.82. The van der Waals surface area contributed by atoms with Crippen LogP contribution in [0.4, 0.5) is 0 Å². The van der Waals surface area contributed by atoms with Crippen LogP contribution >= 0.6 is 0 Å². The Labute approximate surface area is 97.6 Å². The highest BCUT2D eigenvalue weighted by molar-refractivity contribution is 5.98. The van der Waals surface area contributed by atoms with E-state index in [0.717, 1.165) is 29.8 Å². The molecular formula is C14H19NO. The van der Waals surface area contributed by atoms with Gasteiger partial charge in [0.25, 0.3) is 5.91 Å². The molecule has 0 bridgehead atoms. The summed E-state index contributed by atoms with van der Waals surface area (Å²) in [5.41, 5.74) is 2.78. The maximum atomic E-state index is 12.2. The Morgan fingerprint density at radius 2 is 2.00 bits per heavy atom. The molecule has 0 saturated carbocycles. The van der Waals surface area contributed by atoms with E-state index in [0.29, 0.717) is 0 Å². The molecule has 0 aliphatic heterocycles. The lowest BCUT2D eigenvalue weighted by Crippen LogP contribution is -2.31. The summed E-state index contributed by atoms with van der Waals surface area (Å²) in [4.78, 5) is 14.0. The quantitative estimate of drug-likeness (QED) is 0.758. The molecule has 1 aromatic carbocycles. The Morgan fingerprint density at radius 3 is 2.50 bits per heavy atom. The van der Waals surface area contributed by atoms with Crippen LogP contribution in [0, 0.1) is 6.92 Å². The Hall–Kier alpha value is -1.57. The van der Waals surface area contributed by atoms with Crippen molar-refractivity contribution in [3.05, 3.63) is 41.5 Å². The fourth-order valence-corrected chi connectivity index (χ4v) is 1.82. The van der Waals surface area contributed by atoms with E-state index < -0.39 is 0 Å². The summed E-state index contributed by atoms with van der Waals surface area (Å²) in [7, 11) is 0. The van der Waals surface area contributed by atoms with Crippen molar-refractivity contribution in [3.8, 4) is 0 Å². The molecule has 0 unspecified atom stereocenters. The first-order chi connectivity index (χ1) is 7.65. The van der Waals surface area contributed by atoms with Crippen molar-refractivity contribution < 1.29 is 4.79 Å². The van der Waals surface area contributed by atoms with Gasteiger partial charge in [0, 0.05) is 18.7 Å². The van der Waals surface area contributed by atoms with Crippen LogP contribution in [0.1, 0.15) is 35.3 Å². The second kappa shape index (κ2) is 5.50. The van der Waals surface area contributed by atoms with Crippen molar-refractivity contribution in [3.63, 3.8) is 0 Å². The van der Waals surface area contributed by atoms with Crippen molar-refractivity contribution >= 4 is 12.0 Å². The molecular weight excluding hydrogens is 198 g/mol. The molecule has 0 spiro atoms. The standard InChI is InChI=1S/C14H19NO/c1-5-12-11(4)9-8-10-13(12)14(16)15(6-2)7-3/h5,8-10H,1,6-7H2,2-4H3. The van der Waals surface area contributed by atoms with E-state index in [1.807, 2.05) is 43.9 Å². The SMILES string of the molecule is C=Cc1c(C)cccc1C(=O)N(CC)CC. The normalized spacial score (nSPS) is 9.94. The average Bonchev–Trinajstić information content (AvgIpc) is 2.30. The van der Waals surface area contributed by atoms with Crippen molar-refractivity contribution in [1.82, 2.24) is 4.90 Å². The third-order valence-electron chi connectivity index (χ3n) is 2.81. The van der Waals surface area contributed by atoms with Gasteiger partial charge in [0.05, 0.1) is 0 Å². The number of nitrogens with zero attached hydrogens (tertiary/aromatic N) is 1. The summed E-state index contributed by atoms with van der Waals surface area (Å²) < 4.78 is 0. The second-order valence-electron chi connectivity index (χ2n) is 3.72. The Balaban J connectivity index is 3.17. The summed E-state index contributed by atoms with van der Waals surface area (Å²) in [6.45, 7) is 11.2. The molecule has 2 nitrogen and oxygen atoms in total. The highest BCUT2D eigenvalue weighted by atomic mass is 16.2. The maximum absolute atomic E-state index is 12.2. The van der Waals surface area contributed by atoms with Crippen LogP contribution < -0.4 is 0 Å². The van der Waals surface area contributed by atoms with E-state index in [1.54, 1.807) is 6.08 Å². The zero-order valence-electron chi connectivity index (χ0n) is 10.3. The van der Waals surface area contributed by atoms with Gasteiger partial charge in [0.15, 0.2) is 0 Å². The van der Waals surface area contributed by atoms with Gasteiger partial charge in [-0.05, 0) is 38.0 Å². The molecule has 0 heterocycles. The van der Waals surface area contributed by atoms with Crippen LogP contribution in [0.5, 0.6) is 0 Å². The van der Waals surface area contributed by atoms with E-state index in [2.05, 4.69) is 6.58 Å². The number of carbonyl (C=O) groups is 1. The number of carbonyl (C=O) groups excluding carboxylic acids is 1. The third kappa shape index (κ3) is 2.32. The molecule has 1 rings (SSSR count). The van der Waals surface area contributed by atoms with E-state index in [9.17, 15) is 4.79 Å². The maximum Gasteiger partial charge on any atom is 0.254 e. The summed E-state index contributed by atoms with van der Waals surface area (Å²) in [6.07, 6.45) is 1.76. The fraction of sp³-hybridized carbons (Fsp3) is 0.357. The largest absolute Gasteiger partial charge is 0.339 e. The molecule has 1 aromatic rings. The van der Waals surface area contributed by atoms with E-state index in [4.69, 9.17) is 0 Å². The van der Waals surface area contributed by atoms with Gasteiger partial charge < -0.3 is 4.90 Å². The number of amides is 1. The zero-order valence-corrected chi connectivity index (χ0v) is 10.3. The number of aryl methyl sites for hydroxylation is 1. The molecule has 16 heavy (non-hydrogen) atoms. The predicted octanol–water partition coefficient (Wildman–Crippen LogP) is 3.12. The van der Waals surface area contributed by atoms with Crippen LogP contribution in [0.25, 0.3) is 6.08 Å². The molecule has 0 radical (unpaired) electrons. The topological polar surface area (TPSA) is 20.3 Å². The molecule has 1 amide bonds. The lowest BCUT2D eigenvalue weighted by molar-refractivity contribution is 0.0772. The lowest BCUT2D eigenvalue weighted by Gasteiger charge is -2.20. The molecule has 86 valence electrons. The smallest absolute Gasteiger partial charge is 0.254 e. The van der Waals surface area contributed by atoms with Crippen molar-refractivity contribution in [2.45, 2.75) is 20.8 Å². The van der Waals surface area contributed by atoms with Gasteiger partial charge in [-0.2, -0.15) is 0 Å². The van der Waals surface area contributed by atoms with E-state index >= 15 is 0 Å². The molecule has 0 fully saturated rings. The van der Waals surface area contributed by atoms with Crippen LogP contribution in [0.2, 0.25) is 0 Å². The van der Waals surface area contributed by atoms with Crippen LogP contribution in [0.3, 0.4) is 0 Å². The lowest BCUT2D eigenvalue weighted by atomic mass is 10.0. The van der Waals surface area contributed by atoms with Gasteiger partial charge >= 0.3 is 0 Å². The molecule has 2 heteroatoms. The summed E-state index contributed by atoms with van der Waals surface area (Å²) in [5.74, 6) is 0.0867. The first kappa shape index (κ1) is 12.5. The molecule has 0 atom stereocenters. The highest BCUT2D eigenvalue weighted by Crippen LogP contribution is 2.17. The Bertz CT molecular complexity index is 392. The van der Waals surface area contributed by atoms with Crippen molar-refractivity contribution in [1.29, 1.82) is 0 Å². The minimum Gasteiger partial charge on any atom is -0.339 e. The van der Waals surface area contributed by atoms with Gasteiger partial charge in [-0.3, -0.25) is 4.79 Å². The first-order valence-corrected chi connectivity index (χ1v) is 5.67. The number of hydrogen-bond acceptors (Lipinski definition) is 1. The van der Waals surface area contributed by atoms with E-state index in [1.165, 1.54) is 0 Å². The number of rotatable bonds is 4. The Kier molecular flexibility index (Phi) is 4.29. The van der Waals surface area contributed by atoms with Gasteiger partial charge in [0.1, 0.15) is 0 Å². The van der Waals surface area contributed by atoms with Crippen LogP contribution in [0.15, 0.2) is 24.8 Å². The van der Waals surface area contributed by atoms with Gasteiger partial charge in [0.2, 0.25) is 0 Å².